The van der Waals surface area contributed by atoms with Crippen LogP contribution < -0.4 is 5.73 Å². The molecular weight excluding hydrogens is 265 g/mol. The largest absolute Gasteiger partial charge is 0.327 e. The zero-order valence-electron chi connectivity index (χ0n) is 13.7. The maximum Gasteiger partial charge on any atom is 0.125 e. The third-order valence-electron chi connectivity index (χ3n) is 3.56. The molecule has 0 saturated carbocycles. The van der Waals surface area contributed by atoms with E-state index in [2.05, 4.69) is 44.2 Å². The first-order valence-corrected chi connectivity index (χ1v) is 7.59. The molecule has 1 unspecified atom stereocenters. The molecule has 2 N–H and O–H groups in total. The standard InChI is InChI=1S/C17H26FN3/c1-11(2)21-15-7-6-12(18)8-14(15)20-16(21)9-13(19)10-17(3,4)5/h6-8,11,13H,9-10,19H2,1-5H3. The van der Waals surface area contributed by atoms with Crippen molar-refractivity contribution in [3.63, 3.8) is 0 Å². The molecule has 4 heteroatoms. The molecule has 2 rings (SSSR count). The van der Waals surface area contributed by atoms with Crippen molar-refractivity contribution in [2.24, 2.45) is 11.1 Å². The maximum absolute atomic E-state index is 13.4. The minimum Gasteiger partial charge on any atom is -0.327 e. The van der Waals surface area contributed by atoms with E-state index in [1.54, 1.807) is 6.07 Å². The molecule has 1 aromatic carbocycles. The Labute approximate surface area is 126 Å². The first kappa shape index (κ1) is 16.0. The van der Waals surface area contributed by atoms with Crippen LogP contribution in [0.1, 0.15) is 52.9 Å². The number of nitrogens with two attached hydrogens (primary N) is 1. The topological polar surface area (TPSA) is 43.8 Å². The minimum atomic E-state index is -0.249. The molecule has 3 nitrogen and oxygen atoms in total. The van der Waals surface area contributed by atoms with Crippen molar-refractivity contribution in [1.82, 2.24) is 9.55 Å². The second kappa shape index (κ2) is 5.76. The van der Waals surface area contributed by atoms with Gasteiger partial charge in [0.25, 0.3) is 0 Å². The van der Waals surface area contributed by atoms with Crippen LogP contribution in [0.5, 0.6) is 0 Å². The Bertz CT molecular complexity index is 623. The van der Waals surface area contributed by atoms with E-state index >= 15 is 0 Å². The molecule has 0 saturated heterocycles. The number of fused-ring (bicyclic) bond motifs is 1. The van der Waals surface area contributed by atoms with Gasteiger partial charge in [0.05, 0.1) is 11.0 Å². The molecule has 1 aromatic heterocycles. The van der Waals surface area contributed by atoms with Crippen LogP contribution in [-0.4, -0.2) is 15.6 Å². The third-order valence-corrected chi connectivity index (χ3v) is 3.56. The average Bonchev–Trinajstić information content (AvgIpc) is 2.62. The van der Waals surface area contributed by atoms with Crippen molar-refractivity contribution < 1.29 is 4.39 Å². The molecule has 0 radical (unpaired) electrons. The number of nitrogens with zero attached hydrogens (tertiary/aromatic N) is 2. The predicted molar refractivity (Wildman–Crippen MR) is 85.8 cm³/mol. The molecule has 0 amide bonds. The number of imidazole rings is 1. The van der Waals surface area contributed by atoms with Gasteiger partial charge >= 0.3 is 0 Å². The molecule has 0 bridgehead atoms. The highest BCUT2D eigenvalue weighted by molar-refractivity contribution is 5.76. The number of benzene rings is 1. The van der Waals surface area contributed by atoms with Gasteiger partial charge in [-0.15, -0.1) is 0 Å². The average molecular weight is 291 g/mol. The second-order valence-corrected chi connectivity index (χ2v) is 7.35. The second-order valence-electron chi connectivity index (χ2n) is 7.35. The summed E-state index contributed by atoms with van der Waals surface area (Å²) >= 11 is 0. The summed E-state index contributed by atoms with van der Waals surface area (Å²) in [5, 5.41) is 0. The van der Waals surface area contributed by atoms with Gasteiger partial charge in [-0.3, -0.25) is 0 Å². The van der Waals surface area contributed by atoms with Crippen molar-refractivity contribution in [2.75, 3.05) is 0 Å². The lowest BCUT2D eigenvalue weighted by molar-refractivity contribution is 0.334. The summed E-state index contributed by atoms with van der Waals surface area (Å²) in [7, 11) is 0. The maximum atomic E-state index is 13.4. The fourth-order valence-corrected chi connectivity index (χ4v) is 2.94. The molecule has 0 aliphatic heterocycles. The lowest BCUT2D eigenvalue weighted by atomic mass is 9.87. The lowest BCUT2D eigenvalue weighted by Crippen LogP contribution is -2.29. The summed E-state index contributed by atoms with van der Waals surface area (Å²) in [6, 6.07) is 5.12. The zero-order chi connectivity index (χ0) is 15.8. The summed E-state index contributed by atoms with van der Waals surface area (Å²) in [5.74, 6) is 0.698. The third kappa shape index (κ3) is 3.82. The fraction of sp³-hybridized carbons (Fsp3) is 0.588. The van der Waals surface area contributed by atoms with E-state index in [0.29, 0.717) is 11.9 Å². The monoisotopic (exact) mass is 291 g/mol. The number of hydrogen-bond donors (Lipinski definition) is 1. The van der Waals surface area contributed by atoms with Crippen molar-refractivity contribution in [1.29, 1.82) is 0 Å². The number of aromatic nitrogens is 2. The molecule has 2 aromatic rings. The normalized spacial score (nSPS) is 14.1. The van der Waals surface area contributed by atoms with E-state index in [-0.39, 0.29) is 23.3 Å². The summed E-state index contributed by atoms with van der Waals surface area (Å²) in [4.78, 5) is 4.61. The van der Waals surface area contributed by atoms with Crippen molar-refractivity contribution in [3.8, 4) is 0 Å². The van der Waals surface area contributed by atoms with Crippen LogP contribution in [-0.2, 0) is 6.42 Å². The van der Waals surface area contributed by atoms with Gasteiger partial charge in [-0.2, -0.15) is 0 Å². The molecule has 1 atom stereocenters. The summed E-state index contributed by atoms with van der Waals surface area (Å²) in [6.07, 6.45) is 1.65. The van der Waals surface area contributed by atoms with Crippen molar-refractivity contribution in [2.45, 2.75) is 59.5 Å². The molecule has 0 fully saturated rings. The highest BCUT2D eigenvalue weighted by Gasteiger charge is 2.20. The van der Waals surface area contributed by atoms with Gasteiger partial charge in [-0.05, 0) is 37.8 Å². The predicted octanol–water partition coefficient (Wildman–Crippen LogP) is 4.06. The van der Waals surface area contributed by atoms with Gasteiger partial charge in [0.15, 0.2) is 0 Å². The Morgan fingerprint density at radius 1 is 1.29 bits per heavy atom. The highest BCUT2D eigenvalue weighted by atomic mass is 19.1. The van der Waals surface area contributed by atoms with E-state index in [9.17, 15) is 4.39 Å². The summed E-state index contributed by atoms with van der Waals surface area (Å²) in [5.41, 5.74) is 8.17. The van der Waals surface area contributed by atoms with Crippen molar-refractivity contribution >= 4 is 11.0 Å². The number of hydrogen-bond acceptors (Lipinski definition) is 2. The van der Waals surface area contributed by atoms with E-state index < -0.39 is 0 Å². The lowest BCUT2D eigenvalue weighted by Gasteiger charge is -2.23. The first-order chi connectivity index (χ1) is 9.67. The SMILES string of the molecule is CC(C)n1c(CC(N)CC(C)(C)C)nc2cc(F)ccc21. The smallest absolute Gasteiger partial charge is 0.125 e. The van der Waals surface area contributed by atoms with Crippen LogP contribution >= 0.6 is 0 Å². The van der Waals surface area contributed by atoms with E-state index in [1.807, 2.05) is 0 Å². The number of halogens is 1. The Morgan fingerprint density at radius 2 is 1.95 bits per heavy atom. The van der Waals surface area contributed by atoms with Gasteiger partial charge in [-0.25, -0.2) is 9.37 Å². The summed E-state index contributed by atoms with van der Waals surface area (Å²) < 4.78 is 15.6. The molecule has 1 heterocycles. The fourth-order valence-electron chi connectivity index (χ4n) is 2.94. The van der Waals surface area contributed by atoms with Crippen LogP contribution in [0, 0.1) is 11.2 Å². The van der Waals surface area contributed by atoms with Crippen LogP contribution in [0.3, 0.4) is 0 Å². The Kier molecular flexibility index (Phi) is 4.38. The van der Waals surface area contributed by atoms with E-state index in [0.717, 1.165) is 17.8 Å². The Morgan fingerprint density at radius 3 is 2.52 bits per heavy atom. The molecule has 0 aliphatic carbocycles. The molecule has 0 aliphatic rings. The zero-order valence-corrected chi connectivity index (χ0v) is 13.7. The molecule has 0 spiro atoms. The van der Waals surface area contributed by atoms with E-state index in [4.69, 9.17) is 5.73 Å². The molecule has 21 heavy (non-hydrogen) atoms. The van der Waals surface area contributed by atoms with Crippen LogP contribution in [0.2, 0.25) is 0 Å². The van der Waals surface area contributed by atoms with Gasteiger partial charge < -0.3 is 10.3 Å². The van der Waals surface area contributed by atoms with Crippen molar-refractivity contribution in [3.05, 3.63) is 29.8 Å². The first-order valence-electron chi connectivity index (χ1n) is 7.59. The summed E-state index contributed by atoms with van der Waals surface area (Å²) in [6.45, 7) is 10.8. The van der Waals surface area contributed by atoms with Gasteiger partial charge in [0.2, 0.25) is 0 Å². The van der Waals surface area contributed by atoms with E-state index in [1.165, 1.54) is 12.1 Å². The quantitative estimate of drug-likeness (QED) is 0.923. The molecular formula is C17H26FN3. The Hall–Kier alpha value is -1.42. The van der Waals surface area contributed by atoms with Crippen LogP contribution in [0.15, 0.2) is 18.2 Å². The van der Waals surface area contributed by atoms with Gasteiger partial charge in [0.1, 0.15) is 11.6 Å². The van der Waals surface area contributed by atoms with Gasteiger partial charge in [0, 0.05) is 24.6 Å². The minimum absolute atomic E-state index is 0.0594. The van der Waals surface area contributed by atoms with Gasteiger partial charge in [-0.1, -0.05) is 20.8 Å². The highest BCUT2D eigenvalue weighted by Crippen LogP contribution is 2.25. The Balaban J connectivity index is 2.36. The van der Waals surface area contributed by atoms with Crippen LogP contribution in [0.4, 0.5) is 4.39 Å². The number of rotatable bonds is 4. The van der Waals surface area contributed by atoms with Crippen LogP contribution in [0.25, 0.3) is 11.0 Å². The molecule has 116 valence electrons.